The van der Waals surface area contributed by atoms with E-state index in [9.17, 15) is 13.2 Å². The first-order chi connectivity index (χ1) is 12.8. The summed E-state index contributed by atoms with van der Waals surface area (Å²) >= 11 is 5.94. The quantitative estimate of drug-likeness (QED) is 0.497. The van der Waals surface area contributed by atoms with Gasteiger partial charge in [-0.25, -0.2) is 4.79 Å². The van der Waals surface area contributed by atoms with Crippen LogP contribution >= 0.6 is 11.6 Å². The third-order valence-corrected chi connectivity index (χ3v) is 5.73. The number of benzene rings is 3. The minimum Gasteiger partial charge on any atom is -0.478 e. The van der Waals surface area contributed by atoms with Crippen molar-refractivity contribution in [1.29, 1.82) is 0 Å². The average molecular weight is 403 g/mol. The molecule has 0 atom stereocenters. The van der Waals surface area contributed by atoms with Gasteiger partial charge in [-0.3, -0.25) is 0 Å². The zero-order valence-electron chi connectivity index (χ0n) is 13.5. The second kappa shape index (κ2) is 6.29. The molecule has 0 amide bonds. The Morgan fingerprint density at radius 3 is 2.48 bits per heavy atom. The number of rotatable bonds is 4. The van der Waals surface area contributed by atoms with Crippen LogP contribution in [0.25, 0.3) is 21.9 Å². The topological polar surface area (TPSA) is 93.8 Å². The van der Waals surface area contributed by atoms with Gasteiger partial charge in [0.15, 0.2) is 0 Å². The van der Waals surface area contributed by atoms with Crippen molar-refractivity contribution in [3.05, 3.63) is 71.2 Å². The minimum atomic E-state index is -4.33. The Labute approximate surface area is 158 Å². The molecule has 0 unspecified atom stereocenters. The number of carboxylic acids is 1. The van der Waals surface area contributed by atoms with Crippen molar-refractivity contribution in [2.45, 2.75) is 4.90 Å². The molecule has 136 valence electrons. The fourth-order valence-electron chi connectivity index (χ4n) is 2.76. The van der Waals surface area contributed by atoms with Crippen LogP contribution in [-0.4, -0.2) is 19.5 Å². The van der Waals surface area contributed by atoms with E-state index in [0.717, 1.165) is 11.5 Å². The van der Waals surface area contributed by atoms with Gasteiger partial charge in [-0.1, -0.05) is 29.8 Å². The predicted molar refractivity (Wildman–Crippen MR) is 99.9 cm³/mol. The molecule has 8 heteroatoms. The maximum absolute atomic E-state index is 12.6. The Morgan fingerprint density at radius 1 is 0.963 bits per heavy atom. The van der Waals surface area contributed by atoms with Gasteiger partial charge in [0.1, 0.15) is 21.8 Å². The van der Waals surface area contributed by atoms with Crippen molar-refractivity contribution in [1.82, 2.24) is 0 Å². The fourth-order valence-corrected chi connectivity index (χ4v) is 4.18. The number of hydrogen-bond acceptors (Lipinski definition) is 5. The molecule has 1 heterocycles. The molecular weight excluding hydrogens is 392 g/mol. The standard InChI is InChI=1S/C19H11ClO6S/c20-15-7-5-11(19(21)22)9-18(15)27(23,24)26-12-6-8-17-14(10-12)13-3-1-2-4-16(13)25-17/h1-10H,(H,21,22). The summed E-state index contributed by atoms with van der Waals surface area (Å²) in [5.41, 5.74) is 1.05. The van der Waals surface area contributed by atoms with Gasteiger partial charge in [0.25, 0.3) is 0 Å². The molecule has 1 N–H and O–H groups in total. The fraction of sp³-hybridized carbons (Fsp3) is 0. The third kappa shape index (κ3) is 3.11. The summed E-state index contributed by atoms with van der Waals surface area (Å²) < 4.78 is 36.1. The Morgan fingerprint density at radius 2 is 1.70 bits per heavy atom. The van der Waals surface area contributed by atoms with Crippen LogP contribution in [0.4, 0.5) is 0 Å². The number of aromatic carboxylic acids is 1. The third-order valence-electron chi connectivity index (χ3n) is 4.00. The largest absolute Gasteiger partial charge is 0.478 e. The van der Waals surface area contributed by atoms with Gasteiger partial charge >= 0.3 is 16.1 Å². The van der Waals surface area contributed by atoms with Gasteiger partial charge in [-0.05, 0) is 42.5 Å². The van der Waals surface area contributed by atoms with Gasteiger partial charge in [0, 0.05) is 10.8 Å². The highest BCUT2D eigenvalue weighted by Gasteiger charge is 2.23. The maximum atomic E-state index is 12.6. The summed E-state index contributed by atoms with van der Waals surface area (Å²) in [7, 11) is -4.33. The van der Waals surface area contributed by atoms with Crippen molar-refractivity contribution in [2.24, 2.45) is 0 Å². The SMILES string of the molecule is O=C(O)c1ccc(Cl)c(S(=O)(=O)Oc2ccc3oc4ccccc4c3c2)c1. The Kier molecular flexibility index (Phi) is 4.05. The van der Waals surface area contributed by atoms with Crippen molar-refractivity contribution >= 4 is 49.6 Å². The number of carbonyl (C=O) groups is 1. The molecule has 0 aliphatic carbocycles. The number of furan rings is 1. The first-order valence-corrected chi connectivity index (χ1v) is 9.52. The van der Waals surface area contributed by atoms with Crippen LogP contribution in [0.2, 0.25) is 5.02 Å². The molecule has 0 saturated heterocycles. The molecule has 1 aromatic heterocycles. The predicted octanol–water partition coefficient (Wildman–Crippen LogP) is 4.71. The summed E-state index contributed by atoms with van der Waals surface area (Å²) in [5, 5.41) is 10.5. The Balaban J connectivity index is 1.78. The highest BCUT2D eigenvalue weighted by molar-refractivity contribution is 7.87. The van der Waals surface area contributed by atoms with Crippen LogP contribution in [0, 0.1) is 0 Å². The number of halogens is 1. The van der Waals surface area contributed by atoms with Crippen molar-refractivity contribution in [2.75, 3.05) is 0 Å². The van der Waals surface area contributed by atoms with Crippen molar-refractivity contribution < 1.29 is 26.9 Å². The second-order valence-electron chi connectivity index (χ2n) is 5.74. The molecule has 0 radical (unpaired) electrons. The van der Waals surface area contributed by atoms with Crippen LogP contribution in [-0.2, 0) is 10.1 Å². The van der Waals surface area contributed by atoms with Crippen LogP contribution in [0.5, 0.6) is 5.75 Å². The zero-order chi connectivity index (χ0) is 19.2. The van der Waals surface area contributed by atoms with E-state index in [1.807, 2.05) is 24.3 Å². The number of para-hydroxylation sites is 1. The van der Waals surface area contributed by atoms with E-state index >= 15 is 0 Å². The van der Waals surface area contributed by atoms with Gasteiger partial charge in [0.2, 0.25) is 0 Å². The molecule has 0 saturated carbocycles. The molecule has 0 aliphatic rings. The molecule has 0 aliphatic heterocycles. The zero-order valence-corrected chi connectivity index (χ0v) is 15.1. The lowest BCUT2D eigenvalue weighted by atomic mass is 10.1. The smallest absolute Gasteiger partial charge is 0.340 e. The van der Waals surface area contributed by atoms with Crippen LogP contribution in [0.1, 0.15) is 10.4 Å². The van der Waals surface area contributed by atoms with Gasteiger partial charge < -0.3 is 13.7 Å². The highest BCUT2D eigenvalue weighted by Crippen LogP contribution is 2.33. The first kappa shape index (κ1) is 17.4. The summed E-state index contributed by atoms with van der Waals surface area (Å²) in [6, 6.07) is 15.3. The van der Waals surface area contributed by atoms with E-state index in [4.69, 9.17) is 25.3 Å². The lowest BCUT2D eigenvalue weighted by molar-refractivity contribution is 0.0696. The number of carboxylic acid groups (broad SMARTS) is 1. The van der Waals surface area contributed by atoms with E-state index < -0.39 is 21.0 Å². The summed E-state index contributed by atoms with van der Waals surface area (Å²) in [6.07, 6.45) is 0. The molecular formula is C19H11ClO6S. The van der Waals surface area contributed by atoms with Gasteiger partial charge in [-0.2, -0.15) is 8.42 Å². The molecule has 3 aromatic carbocycles. The molecule has 4 rings (SSSR count). The summed E-state index contributed by atoms with van der Waals surface area (Å²) in [5.74, 6) is -1.21. The molecule has 0 spiro atoms. The van der Waals surface area contributed by atoms with E-state index in [2.05, 4.69) is 0 Å². The Hall–Kier alpha value is -3.03. The van der Waals surface area contributed by atoms with E-state index in [0.29, 0.717) is 16.6 Å². The van der Waals surface area contributed by atoms with Crippen molar-refractivity contribution in [3.8, 4) is 5.75 Å². The minimum absolute atomic E-state index is 0.0610. The summed E-state index contributed by atoms with van der Waals surface area (Å²) in [6.45, 7) is 0. The normalized spacial score (nSPS) is 11.7. The van der Waals surface area contributed by atoms with E-state index in [1.165, 1.54) is 18.2 Å². The molecule has 27 heavy (non-hydrogen) atoms. The number of fused-ring (bicyclic) bond motifs is 3. The second-order valence-corrected chi connectivity index (χ2v) is 7.67. The van der Waals surface area contributed by atoms with Crippen LogP contribution < -0.4 is 4.18 Å². The summed E-state index contributed by atoms with van der Waals surface area (Å²) in [4.78, 5) is 10.7. The molecule has 0 fully saturated rings. The van der Waals surface area contributed by atoms with E-state index in [1.54, 1.807) is 12.1 Å². The lowest BCUT2D eigenvalue weighted by Gasteiger charge is -2.09. The van der Waals surface area contributed by atoms with E-state index in [-0.39, 0.29) is 16.3 Å². The average Bonchev–Trinajstić information content (AvgIpc) is 2.99. The van der Waals surface area contributed by atoms with Crippen LogP contribution in [0.3, 0.4) is 0 Å². The monoisotopic (exact) mass is 402 g/mol. The number of hydrogen-bond donors (Lipinski definition) is 1. The van der Waals surface area contributed by atoms with Gasteiger partial charge in [-0.15, -0.1) is 0 Å². The van der Waals surface area contributed by atoms with Crippen LogP contribution in [0.15, 0.2) is 70.0 Å². The molecule has 4 aromatic rings. The van der Waals surface area contributed by atoms with Gasteiger partial charge in [0.05, 0.1) is 10.6 Å². The first-order valence-electron chi connectivity index (χ1n) is 7.74. The maximum Gasteiger partial charge on any atom is 0.340 e. The Bertz CT molecular complexity index is 1310. The molecule has 0 bridgehead atoms. The highest BCUT2D eigenvalue weighted by atomic mass is 35.5. The van der Waals surface area contributed by atoms with Crippen molar-refractivity contribution in [3.63, 3.8) is 0 Å². The lowest BCUT2D eigenvalue weighted by Crippen LogP contribution is -2.11. The molecule has 6 nitrogen and oxygen atoms in total.